The lowest BCUT2D eigenvalue weighted by Crippen LogP contribution is -2.38. The van der Waals surface area contributed by atoms with Crippen LogP contribution >= 0.6 is 11.8 Å². The standard InChI is InChI=1S/C14H18N4S/c1-9(2)12-8-19-14-16-15-13(18(14)17-12)11-7-5-4-6-10(11)3/h4-7,9,12,17H,8H2,1-3H3. The zero-order valence-corrected chi connectivity index (χ0v) is 12.2. The number of nitrogens with zero attached hydrogens (tertiary/aromatic N) is 3. The van der Waals surface area contributed by atoms with E-state index in [9.17, 15) is 0 Å². The van der Waals surface area contributed by atoms with Crippen molar-refractivity contribution in [2.75, 3.05) is 11.2 Å². The maximum absolute atomic E-state index is 4.35. The number of aromatic nitrogens is 3. The second-order valence-electron chi connectivity index (χ2n) is 5.25. The van der Waals surface area contributed by atoms with E-state index in [0.717, 1.165) is 22.3 Å². The highest BCUT2D eigenvalue weighted by atomic mass is 32.2. The van der Waals surface area contributed by atoms with E-state index in [-0.39, 0.29) is 0 Å². The molecule has 19 heavy (non-hydrogen) atoms. The molecule has 1 aliphatic heterocycles. The van der Waals surface area contributed by atoms with Crippen LogP contribution in [0.5, 0.6) is 0 Å². The predicted molar refractivity (Wildman–Crippen MR) is 78.9 cm³/mol. The molecule has 2 aromatic rings. The molecule has 1 aromatic carbocycles. The molecule has 5 heteroatoms. The topological polar surface area (TPSA) is 42.7 Å². The molecule has 0 aliphatic carbocycles. The van der Waals surface area contributed by atoms with Crippen LogP contribution < -0.4 is 5.43 Å². The normalized spacial score (nSPS) is 18.2. The van der Waals surface area contributed by atoms with Crippen LogP contribution in [0, 0.1) is 12.8 Å². The van der Waals surface area contributed by atoms with Crippen molar-refractivity contribution in [1.82, 2.24) is 14.9 Å². The third-order valence-electron chi connectivity index (χ3n) is 3.51. The van der Waals surface area contributed by atoms with Crippen LogP contribution in [0.4, 0.5) is 0 Å². The first kappa shape index (κ1) is 12.5. The molecule has 0 saturated heterocycles. The number of fused-ring (bicyclic) bond motifs is 1. The summed E-state index contributed by atoms with van der Waals surface area (Å²) in [4.78, 5) is 0. The first-order valence-electron chi connectivity index (χ1n) is 6.57. The summed E-state index contributed by atoms with van der Waals surface area (Å²) in [7, 11) is 0. The lowest BCUT2D eigenvalue weighted by atomic mass is 10.1. The molecular formula is C14H18N4S. The van der Waals surface area contributed by atoms with Gasteiger partial charge in [0.05, 0.1) is 6.04 Å². The molecule has 0 radical (unpaired) electrons. The summed E-state index contributed by atoms with van der Waals surface area (Å²) in [6, 6.07) is 8.74. The Hall–Kier alpha value is -1.49. The first-order chi connectivity index (χ1) is 9.16. The second-order valence-corrected chi connectivity index (χ2v) is 6.23. The van der Waals surface area contributed by atoms with Crippen molar-refractivity contribution in [3.8, 4) is 11.4 Å². The molecule has 4 nitrogen and oxygen atoms in total. The van der Waals surface area contributed by atoms with E-state index in [1.54, 1.807) is 11.8 Å². The Kier molecular flexibility index (Phi) is 3.22. The third-order valence-corrected chi connectivity index (χ3v) is 4.56. The smallest absolute Gasteiger partial charge is 0.210 e. The number of hydrogen-bond acceptors (Lipinski definition) is 4. The molecule has 1 aliphatic rings. The lowest BCUT2D eigenvalue weighted by molar-refractivity contribution is 0.503. The van der Waals surface area contributed by atoms with Crippen molar-refractivity contribution in [2.45, 2.75) is 32.0 Å². The minimum Gasteiger partial charge on any atom is -0.318 e. The Labute approximate surface area is 117 Å². The van der Waals surface area contributed by atoms with E-state index in [0.29, 0.717) is 12.0 Å². The van der Waals surface area contributed by atoms with Crippen LogP contribution in [0.15, 0.2) is 29.4 Å². The van der Waals surface area contributed by atoms with Gasteiger partial charge < -0.3 is 5.43 Å². The van der Waals surface area contributed by atoms with Crippen molar-refractivity contribution in [3.63, 3.8) is 0 Å². The number of benzene rings is 1. The number of thioether (sulfide) groups is 1. The number of aryl methyl sites for hydroxylation is 1. The maximum Gasteiger partial charge on any atom is 0.210 e. The van der Waals surface area contributed by atoms with E-state index in [1.165, 1.54) is 5.56 Å². The molecule has 3 rings (SSSR count). The molecule has 2 heterocycles. The fourth-order valence-electron chi connectivity index (χ4n) is 2.19. The Bertz CT molecular complexity index is 591. The van der Waals surface area contributed by atoms with Crippen molar-refractivity contribution < 1.29 is 0 Å². The summed E-state index contributed by atoms with van der Waals surface area (Å²) in [6.07, 6.45) is 0. The van der Waals surface area contributed by atoms with Gasteiger partial charge in [0, 0.05) is 11.3 Å². The van der Waals surface area contributed by atoms with E-state index in [2.05, 4.69) is 48.5 Å². The van der Waals surface area contributed by atoms with Gasteiger partial charge in [-0.3, -0.25) is 0 Å². The Morgan fingerprint density at radius 1 is 1.32 bits per heavy atom. The van der Waals surface area contributed by atoms with E-state index in [1.807, 2.05) is 16.8 Å². The van der Waals surface area contributed by atoms with Crippen LogP contribution in [-0.2, 0) is 0 Å². The monoisotopic (exact) mass is 274 g/mol. The molecule has 0 amide bonds. The van der Waals surface area contributed by atoms with Gasteiger partial charge >= 0.3 is 0 Å². The number of hydrogen-bond donors (Lipinski definition) is 1. The second kappa shape index (κ2) is 4.89. The summed E-state index contributed by atoms with van der Waals surface area (Å²) >= 11 is 1.77. The summed E-state index contributed by atoms with van der Waals surface area (Å²) in [5.74, 6) is 2.54. The molecule has 1 unspecified atom stereocenters. The van der Waals surface area contributed by atoms with Crippen molar-refractivity contribution in [1.29, 1.82) is 0 Å². The molecule has 0 fully saturated rings. The van der Waals surface area contributed by atoms with Gasteiger partial charge in [-0.2, -0.15) is 0 Å². The average Bonchev–Trinajstić information content (AvgIpc) is 2.82. The zero-order chi connectivity index (χ0) is 13.4. The first-order valence-corrected chi connectivity index (χ1v) is 7.56. The van der Waals surface area contributed by atoms with Gasteiger partial charge in [-0.05, 0) is 18.4 Å². The van der Waals surface area contributed by atoms with Crippen molar-refractivity contribution in [3.05, 3.63) is 29.8 Å². The largest absolute Gasteiger partial charge is 0.318 e. The molecule has 0 spiro atoms. The van der Waals surface area contributed by atoms with Crippen molar-refractivity contribution >= 4 is 11.8 Å². The van der Waals surface area contributed by atoms with E-state index >= 15 is 0 Å². The predicted octanol–water partition coefficient (Wildman–Crippen LogP) is 2.93. The van der Waals surface area contributed by atoms with Crippen molar-refractivity contribution in [2.24, 2.45) is 5.92 Å². The molecule has 0 saturated carbocycles. The Morgan fingerprint density at radius 2 is 2.11 bits per heavy atom. The number of rotatable bonds is 2. The van der Waals surface area contributed by atoms with Crippen LogP contribution in [0.2, 0.25) is 0 Å². The fraction of sp³-hybridized carbons (Fsp3) is 0.429. The minimum atomic E-state index is 0.455. The van der Waals surface area contributed by atoms with Gasteiger partial charge in [-0.15, -0.1) is 10.2 Å². The SMILES string of the molecule is Cc1ccccc1-c1nnc2n1NC(C(C)C)CS2. The molecular weight excluding hydrogens is 256 g/mol. The highest BCUT2D eigenvalue weighted by Crippen LogP contribution is 2.29. The van der Waals surface area contributed by atoms with Crippen LogP contribution in [0.3, 0.4) is 0 Å². The maximum atomic E-state index is 4.35. The Morgan fingerprint density at radius 3 is 2.84 bits per heavy atom. The zero-order valence-electron chi connectivity index (χ0n) is 11.4. The number of nitrogens with one attached hydrogen (secondary N) is 1. The van der Waals surface area contributed by atoms with E-state index < -0.39 is 0 Å². The van der Waals surface area contributed by atoms with E-state index in [4.69, 9.17) is 0 Å². The summed E-state index contributed by atoms with van der Waals surface area (Å²) in [5, 5.41) is 9.59. The minimum absolute atomic E-state index is 0.455. The third kappa shape index (κ3) is 2.23. The lowest BCUT2D eigenvalue weighted by Gasteiger charge is -2.28. The van der Waals surface area contributed by atoms with Gasteiger partial charge in [0.2, 0.25) is 5.16 Å². The van der Waals surface area contributed by atoms with Crippen LogP contribution in [-0.4, -0.2) is 26.7 Å². The fourth-order valence-corrected chi connectivity index (χ4v) is 3.34. The van der Waals surface area contributed by atoms with Gasteiger partial charge in [-0.1, -0.05) is 49.9 Å². The summed E-state index contributed by atoms with van der Waals surface area (Å²) < 4.78 is 2.04. The molecule has 1 aromatic heterocycles. The highest BCUT2D eigenvalue weighted by Gasteiger charge is 2.25. The Balaban J connectivity index is 2.02. The molecule has 1 N–H and O–H groups in total. The summed E-state index contributed by atoms with van der Waals surface area (Å²) in [6.45, 7) is 6.58. The van der Waals surface area contributed by atoms with Crippen LogP contribution in [0.1, 0.15) is 19.4 Å². The highest BCUT2D eigenvalue weighted by molar-refractivity contribution is 7.99. The molecule has 1 atom stereocenters. The van der Waals surface area contributed by atoms with Gasteiger partial charge in [0.15, 0.2) is 5.82 Å². The van der Waals surface area contributed by atoms with Gasteiger partial charge in [0.25, 0.3) is 0 Å². The summed E-state index contributed by atoms with van der Waals surface area (Å²) in [5.41, 5.74) is 5.90. The van der Waals surface area contributed by atoms with Crippen LogP contribution in [0.25, 0.3) is 11.4 Å². The van der Waals surface area contributed by atoms with Gasteiger partial charge in [-0.25, -0.2) is 4.68 Å². The molecule has 0 bridgehead atoms. The molecule has 100 valence electrons. The average molecular weight is 274 g/mol. The quantitative estimate of drug-likeness (QED) is 0.914. The van der Waals surface area contributed by atoms with Gasteiger partial charge in [0.1, 0.15) is 0 Å².